The maximum absolute atomic E-state index is 13.1. The van der Waals surface area contributed by atoms with Gasteiger partial charge in [-0.1, -0.05) is 6.07 Å². The van der Waals surface area contributed by atoms with Gasteiger partial charge in [0.25, 0.3) is 11.7 Å². The van der Waals surface area contributed by atoms with Crippen molar-refractivity contribution in [3.05, 3.63) is 58.2 Å². The normalized spacial score (nSPS) is 17.9. The lowest BCUT2D eigenvalue weighted by molar-refractivity contribution is -0.139. The highest BCUT2D eigenvalue weighted by atomic mass is 16.5. The van der Waals surface area contributed by atoms with Gasteiger partial charge >= 0.3 is 5.97 Å². The highest BCUT2D eigenvalue weighted by molar-refractivity contribution is 6.46. The molecule has 0 saturated carbocycles. The van der Waals surface area contributed by atoms with E-state index in [0.29, 0.717) is 35.3 Å². The minimum Gasteiger partial charge on any atom is -0.507 e. The zero-order chi connectivity index (χ0) is 23.6. The number of methoxy groups -OCH3 is 1. The van der Waals surface area contributed by atoms with E-state index in [1.54, 1.807) is 38.4 Å². The molecule has 3 heterocycles. The van der Waals surface area contributed by atoms with Crippen LogP contribution in [0.3, 0.4) is 0 Å². The lowest BCUT2D eigenvalue weighted by Gasteiger charge is -2.25. The van der Waals surface area contributed by atoms with E-state index >= 15 is 0 Å². The number of rotatable bonds is 7. The second-order valence-corrected chi connectivity index (χ2v) is 8.05. The summed E-state index contributed by atoms with van der Waals surface area (Å²) in [6.45, 7) is 4.41. The molecule has 1 saturated heterocycles. The number of ether oxygens (including phenoxy) is 1. The van der Waals surface area contributed by atoms with Gasteiger partial charge in [-0.25, -0.2) is 4.79 Å². The standard InChI is InChI=1S/C23H28N4O5/c1-13-16(14(2)25-18(13)23(31)32-5)20(28)17-19(15-8-6-9-24-12-15)27(22(30)21(17)29)11-7-10-26(3)4/h6,8-9,12,19,25,28H,7,10-11H2,1-5H3/t19-/m0/s1. The van der Waals surface area contributed by atoms with Gasteiger partial charge in [-0.05, 0) is 58.1 Å². The molecule has 170 valence electrons. The largest absolute Gasteiger partial charge is 0.507 e. The number of aromatic nitrogens is 2. The van der Waals surface area contributed by atoms with Gasteiger partial charge in [0.05, 0.1) is 18.7 Å². The van der Waals surface area contributed by atoms with Crippen LogP contribution in [0.5, 0.6) is 0 Å². The number of Topliss-reactive ketones (excluding diaryl/α,β-unsaturated/α-hetero) is 1. The average Bonchev–Trinajstić information content (AvgIpc) is 3.20. The van der Waals surface area contributed by atoms with Crippen LogP contribution in [0.15, 0.2) is 30.1 Å². The predicted octanol–water partition coefficient (Wildman–Crippen LogP) is 2.19. The lowest BCUT2D eigenvalue weighted by Crippen LogP contribution is -2.32. The molecule has 0 spiro atoms. The van der Waals surface area contributed by atoms with Crippen molar-refractivity contribution in [2.45, 2.75) is 26.3 Å². The molecule has 0 bridgehead atoms. The molecule has 1 aliphatic heterocycles. The fraction of sp³-hybridized carbons (Fsp3) is 0.391. The summed E-state index contributed by atoms with van der Waals surface area (Å²) in [6, 6.07) is 2.71. The van der Waals surface area contributed by atoms with Crippen molar-refractivity contribution in [2.75, 3.05) is 34.3 Å². The quantitative estimate of drug-likeness (QED) is 0.293. The van der Waals surface area contributed by atoms with Gasteiger partial charge in [0.1, 0.15) is 11.5 Å². The fourth-order valence-electron chi connectivity index (χ4n) is 4.10. The number of nitrogens with one attached hydrogen (secondary N) is 1. The van der Waals surface area contributed by atoms with E-state index in [1.165, 1.54) is 12.0 Å². The van der Waals surface area contributed by atoms with E-state index in [4.69, 9.17) is 4.74 Å². The van der Waals surface area contributed by atoms with Crippen LogP contribution in [0.25, 0.3) is 5.76 Å². The Hall–Kier alpha value is -3.46. The number of likely N-dealkylation sites (tertiary alicyclic amines) is 1. The number of carbonyl (C=O) groups is 3. The number of aliphatic hydroxyl groups excluding tert-OH is 1. The highest BCUT2D eigenvalue weighted by Gasteiger charge is 2.46. The minimum absolute atomic E-state index is 0.0190. The molecule has 0 aromatic carbocycles. The molecule has 32 heavy (non-hydrogen) atoms. The van der Waals surface area contributed by atoms with Gasteiger partial charge in [-0.3, -0.25) is 14.6 Å². The van der Waals surface area contributed by atoms with Crippen LogP contribution in [0, 0.1) is 13.8 Å². The van der Waals surface area contributed by atoms with E-state index in [-0.39, 0.29) is 17.0 Å². The smallest absolute Gasteiger partial charge is 0.354 e. The summed E-state index contributed by atoms with van der Waals surface area (Å²) in [7, 11) is 5.13. The van der Waals surface area contributed by atoms with Gasteiger partial charge in [0.15, 0.2) is 0 Å². The van der Waals surface area contributed by atoms with E-state index in [1.807, 2.05) is 19.0 Å². The minimum atomic E-state index is -0.777. The van der Waals surface area contributed by atoms with Crippen LogP contribution in [0.2, 0.25) is 0 Å². The maximum Gasteiger partial charge on any atom is 0.354 e. The molecule has 9 heteroatoms. The third-order valence-electron chi connectivity index (χ3n) is 5.61. The van der Waals surface area contributed by atoms with Crippen molar-refractivity contribution >= 4 is 23.4 Å². The first-order chi connectivity index (χ1) is 15.2. The summed E-state index contributed by atoms with van der Waals surface area (Å²) in [4.78, 5) is 48.6. The van der Waals surface area contributed by atoms with Gasteiger partial charge in [0.2, 0.25) is 0 Å². The Morgan fingerprint density at radius 3 is 2.62 bits per heavy atom. The second-order valence-electron chi connectivity index (χ2n) is 8.05. The van der Waals surface area contributed by atoms with Crippen LogP contribution < -0.4 is 0 Å². The molecule has 3 rings (SSSR count). The van der Waals surface area contributed by atoms with Crippen molar-refractivity contribution in [2.24, 2.45) is 0 Å². The molecular weight excluding hydrogens is 412 g/mol. The number of carbonyl (C=O) groups excluding carboxylic acids is 3. The van der Waals surface area contributed by atoms with Gasteiger partial charge < -0.3 is 24.6 Å². The van der Waals surface area contributed by atoms with Crippen molar-refractivity contribution in [3.8, 4) is 0 Å². The van der Waals surface area contributed by atoms with E-state index < -0.39 is 23.7 Å². The molecule has 1 atom stereocenters. The van der Waals surface area contributed by atoms with E-state index in [2.05, 4.69) is 9.97 Å². The molecule has 0 radical (unpaired) electrons. The topological polar surface area (TPSA) is 116 Å². The van der Waals surface area contributed by atoms with Gasteiger partial charge in [0, 0.05) is 30.2 Å². The number of ketones is 1. The van der Waals surface area contributed by atoms with Crippen molar-refractivity contribution < 1.29 is 24.2 Å². The van der Waals surface area contributed by atoms with Crippen LogP contribution in [-0.2, 0) is 14.3 Å². The zero-order valence-electron chi connectivity index (χ0n) is 18.9. The molecule has 2 aromatic heterocycles. The highest BCUT2D eigenvalue weighted by Crippen LogP contribution is 2.40. The second kappa shape index (κ2) is 9.35. The molecule has 1 fully saturated rings. The van der Waals surface area contributed by atoms with Crippen LogP contribution in [-0.4, -0.2) is 76.8 Å². The first-order valence-corrected chi connectivity index (χ1v) is 10.3. The Bertz CT molecular complexity index is 1070. The Kier molecular flexibility index (Phi) is 6.78. The Labute approximate surface area is 186 Å². The zero-order valence-corrected chi connectivity index (χ0v) is 18.9. The number of H-pyrrole nitrogens is 1. The molecular formula is C23H28N4O5. The molecule has 9 nitrogen and oxygen atoms in total. The number of aromatic amines is 1. The SMILES string of the molecule is COC(=O)c1[nH]c(C)c(C(O)=C2C(=O)C(=O)N(CCCN(C)C)[C@H]2c2cccnc2)c1C. The number of pyridine rings is 1. The number of nitrogens with zero attached hydrogens (tertiary/aromatic N) is 3. The van der Waals surface area contributed by atoms with Crippen molar-refractivity contribution in [1.82, 2.24) is 19.8 Å². The monoisotopic (exact) mass is 440 g/mol. The Morgan fingerprint density at radius 1 is 1.31 bits per heavy atom. The number of amides is 1. The lowest BCUT2D eigenvalue weighted by atomic mass is 9.95. The summed E-state index contributed by atoms with van der Waals surface area (Å²) >= 11 is 0. The van der Waals surface area contributed by atoms with Gasteiger partial charge in [-0.15, -0.1) is 0 Å². The Morgan fingerprint density at radius 2 is 2.03 bits per heavy atom. The predicted molar refractivity (Wildman–Crippen MR) is 118 cm³/mol. The summed E-state index contributed by atoms with van der Waals surface area (Å²) in [5, 5.41) is 11.3. The van der Waals surface area contributed by atoms with Crippen LogP contribution in [0.4, 0.5) is 0 Å². The average molecular weight is 441 g/mol. The first-order valence-electron chi connectivity index (χ1n) is 10.3. The molecule has 2 aromatic rings. The summed E-state index contributed by atoms with van der Waals surface area (Å²) in [6.07, 6.45) is 3.84. The molecule has 2 N–H and O–H groups in total. The number of esters is 1. The Balaban J connectivity index is 2.15. The molecule has 1 aliphatic rings. The summed E-state index contributed by atoms with van der Waals surface area (Å²) < 4.78 is 4.79. The van der Waals surface area contributed by atoms with Crippen LogP contribution >= 0.6 is 0 Å². The maximum atomic E-state index is 13.1. The number of hydrogen-bond donors (Lipinski definition) is 2. The summed E-state index contributed by atoms with van der Waals surface area (Å²) in [5.41, 5.74) is 2.03. The van der Waals surface area contributed by atoms with E-state index in [9.17, 15) is 19.5 Å². The number of hydrogen-bond acceptors (Lipinski definition) is 7. The third kappa shape index (κ3) is 4.16. The molecule has 0 aliphatic carbocycles. The molecule has 1 amide bonds. The van der Waals surface area contributed by atoms with Crippen molar-refractivity contribution in [1.29, 1.82) is 0 Å². The third-order valence-corrected chi connectivity index (χ3v) is 5.61. The first kappa shape index (κ1) is 23.2. The summed E-state index contributed by atoms with van der Waals surface area (Å²) in [5.74, 6) is -2.34. The van der Waals surface area contributed by atoms with Gasteiger partial charge in [-0.2, -0.15) is 0 Å². The molecule has 0 unspecified atom stereocenters. The van der Waals surface area contributed by atoms with Crippen molar-refractivity contribution in [3.63, 3.8) is 0 Å². The number of aliphatic hydroxyl groups is 1. The number of aryl methyl sites for hydroxylation is 1. The van der Waals surface area contributed by atoms with E-state index in [0.717, 1.165) is 6.54 Å². The fourth-order valence-corrected chi connectivity index (χ4v) is 4.10. The van der Waals surface area contributed by atoms with Crippen LogP contribution in [0.1, 0.15) is 45.3 Å².